The van der Waals surface area contributed by atoms with E-state index in [1.807, 2.05) is 30.3 Å². The minimum absolute atomic E-state index is 0.162. The highest BCUT2D eigenvalue weighted by atomic mass is 32.2. The summed E-state index contributed by atoms with van der Waals surface area (Å²) in [5.74, 6) is -0.164. The van der Waals surface area contributed by atoms with Crippen molar-refractivity contribution in [1.29, 1.82) is 0 Å². The molecular weight excluding hydrogens is 424 g/mol. The molecule has 1 aliphatic rings. The van der Waals surface area contributed by atoms with Gasteiger partial charge in [0.15, 0.2) is 10.9 Å². The molecule has 0 bridgehead atoms. The maximum Gasteiger partial charge on any atom is 0.278 e. The summed E-state index contributed by atoms with van der Waals surface area (Å²) in [4.78, 5) is 32.7. The van der Waals surface area contributed by atoms with Crippen LogP contribution in [0.4, 0.5) is 11.4 Å². The van der Waals surface area contributed by atoms with E-state index in [0.717, 1.165) is 0 Å². The van der Waals surface area contributed by atoms with Gasteiger partial charge in [0.1, 0.15) is 5.92 Å². The van der Waals surface area contributed by atoms with E-state index in [0.29, 0.717) is 33.6 Å². The maximum absolute atomic E-state index is 12.9. The number of aliphatic imine (C=N–C) groups is 1. The van der Waals surface area contributed by atoms with E-state index < -0.39 is 5.92 Å². The number of aromatic nitrogens is 3. The lowest BCUT2D eigenvalue weighted by Crippen LogP contribution is -2.27. The van der Waals surface area contributed by atoms with Gasteiger partial charge >= 0.3 is 0 Å². The second-order valence-electron chi connectivity index (χ2n) is 6.91. The number of nitrogens with one attached hydrogen (secondary N) is 1. The number of anilines is 1. The van der Waals surface area contributed by atoms with Gasteiger partial charge in [0.25, 0.3) is 11.5 Å². The standard InChI is InChI=1S/C23H20N6O2S/c1-3-13-32-23-25-21(30)20(26-27-23)17-11-7-8-12-19(17)24-14-18-15(2)28-29(22(18)31)16-9-5-4-6-10-16/h3-12,14,18H,1,13H2,2H3,(H,25,27,30). The maximum atomic E-state index is 12.9. The van der Waals surface area contributed by atoms with E-state index in [1.54, 1.807) is 43.5 Å². The van der Waals surface area contributed by atoms with Crippen molar-refractivity contribution >= 4 is 41.0 Å². The molecule has 1 aliphatic heterocycles. The SMILES string of the molecule is C=CCSc1nnc(-c2ccccc2N=CC2C(=O)N(c3ccccc3)N=C2C)c(=O)[nH]1. The monoisotopic (exact) mass is 444 g/mol. The number of para-hydroxylation sites is 2. The molecule has 1 aromatic heterocycles. The Morgan fingerprint density at radius 1 is 1.12 bits per heavy atom. The van der Waals surface area contributed by atoms with Crippen LogP contribution in [0.15, 0.2) is 87.3 Å². The summed E-state index contributed by atoms with van der Waals surface area (Å²) in [6, 6.07) is 16.3. The van der Waals surface area contributed by atoms with Crippen LogP contribution in [0.1, 0.15) is 6.92 Å². The van der Waals surface area contributed by atoms with Crippen molar-refractivity contribution in [2.75, 3.05) is 10.8 Å². The van der Waals surface area contributed by atoms with Crippen molar-refractivity contribution in [2.24, 2.45) is 16.0 Å². The van der Waals surface area contributed by atoms with Gasteiger partial charge in [-0.1, -0.05) is 54.2 Å². The molecule has 32 heavy (non-hydrogen) atoms. The summed E-state index contributed by atoms with van der Waals surface area (Å²) in [6.45, 7) is 5.44. The highest BCUT2D eigenvalue weighted by Crippen LogP contribution is 2.28. The average Bonchev–Trinajstić information content (AvgIpc) is 3.10. The molecule has 160 valence electrons. The number of thioether (sulfide) groups is 1. The number of benzene rings is 2. The molecule has 0 fully saturated rings. The van der Waals surface area contributed by atoms with Gasteiger partial charge < -0.3 is 0 Å². The number of amides is 1. The molecule has 3 aromatic rings. The van der Waals surface area contributed by atoms with E-state index in [9.17, 15) is 9.59 Å². The summed E-state index contributed by atoms with van der Waals surface area (Å²) < 4.78 is 0. The Bertz CT molecular complexity index is 1270. The Balaban J connectivity index is 1.60. The molecule has 1 atom stereocenters. The largest absolute Gasteiger partial charge is 0.298 e. The molecule has 0 radical (unpaired) electrons. The third-order valence-corrected chi connectivity index (χ3v) is 5.58. The third kappa shape index (κ3) is 4.42. The molecule has 9 heteroatoms. The number of carbonyl (C=O) groups excluding carboxylic acids is 1. The van der Waals surface area contributed by atoms with E-state index in [2.05, 4.69) is 31.9 Å². The molecule has 1 unspecified atom stereocenters. The molecule has 2 aromatic carbocycles. The van der Waals surface area contributed by atoms with Crippen molar-refractivity contribution < 1.29 is 4.79 Å². The van der Waals surface area contributed by atoms with Crippen molar-refractivity contribution in [3.8, 4) is 11.3 Å². The van der Waals surface area contributed by atoms with E-state index in [4.69, 9.17) is 0 Å². The predicted molar refractivity (Wildman–Crippen MR) is 128 cm³/mol. The van der Waals surface area contributed by atoms with Crippen LogP contribution >= 0.6 is 11.8 Å². The van der Waals surface area contributed by atoms with Gasteiger partial charge in [-0.25, -0.2) is 0 Å². The van der Waals surface area contributed by atoms with Crippen LogP contribution in [-0.2, 0) is 4.79 Å². The van der Waals surface area contributed by atoms with Crippen LogP contribution in [0.2, 0.25) is 0 Å². The predicted octanol–water partition coefficient (Wildman–Crippen LogP) is 3.85. The van der Waals surface area contributed by atoms with E-state index >= 15 is 0 Å². The smallest absolute Gasteiger partial charge is 0.278 e. The van der Waals surface area contributed by atoms with Gasteiger partial charge in [-0.3, -0.25) is 19.6 Å². The Morgan fingerprint density at radius 2 is 1.88 bits per heavy atom. The molecule has 0 saturated carbocycles. The highest BCUT2D eigenvalue weighted by Gasteiger charge is 2.33. The van der Waals surface area contributed by atoms with E-state index in [-0.39, 0.29) is 17.2 Å². The number of hydrogen-bond donors (Lipinski definition) is 1. The lowest BCUT2D eigenvalue weighted by Gasteiger charge is -2.12. The van der Waals surface area contributed by atoms with Crippen LogP contribution in [0, 0.1) is 5.92 Å². The number of aromatic amines is 1. The van der Waals surface area contributed by atoms with Gasteiger partial charge in [-0.2, -0.15) is 10.1 Å². The summed E-state index contributed by atoms with van der Waals surface area (Å²) in [7, 11) is 0. The first-order valence-corrected chi connectivity index (χ1v) is 10.9. The fourth-order valence-electron chi connectivity index (χ4n) is 3.15. The fourth-order valence-corrected chi connectivity index (χ4v) is 3.69. The number of rotatable bonds is 7. The summed E-state index contributed by atoms with van der Waals surface area (Å²) in [6.07, 6.45) is 3.27. The normalized spacial score (nSPS) is 15.9. The highest BCUT2D eigenvalue weighted by molar-refractivity contribution is 7.99. The van der Waals surface area contributed by atoms with Crippen LogP contribution in [0.3, 0.4) is 0 Å². The van der Waals surface area contributed by atoms with Crippen LogP contribution in [0.25, 0.3) is 11.3 Å². The van der Waals surface area contributed by atoms with Gasteiger partial charge in [0.2, 0.25) is 0 Å². The summed E-state index contributed by atoms with van der Waals surface area (Å²) >= 11 is 1.34. The second kappa shape index (κ2) is 9.52. The minimum Gasteiger partial charge on any atom is -0.298 e. The van der Waals surface area contributed by atoms with Crippen LogP contribution in [0.5, 0.6) is 0 Å². The number of hydrazone groups is 1. The molecule has 4 rings (SSSR count). The Labute approximate surface area is 188 Å². The third-order valence-electron chi connectivity index (χ3n) is 4.72. The van der Waals surface area contributed by atoms with Crippen molar-refractivity contribution in [2.45, 2.75) is 12.1 Å². The lowest BCUT2D eigenvalue weighted by molar-refractivity contribution is -0.118. The van der Waals surface area contributed by atoms with Gasteiger partial charge in [-0.15, -0.1) is 16.8 Å². The van der Waals surface area contributed by atoms with Gasteiger partial charge in [0.05, 0.1) is 17.1 Å². The molecule has 8 nitrogen and oxygen atoms in total. The summed E-state index contributed by atoms with van der Waals surface area (Å²) in [5, 5.41) is 14.4. The number of hydrogen-bond acceptors (Lipinski definition) is 7. The zero-order valence-electron chi connectivity index (χ0n) is 17.3. The van der Waals surface area contributed by atoms with Gasteiger partial charge in [-0.05, 0) is 25.1 Å². The molecule has 0 saturated heterocycles. The first kappa shape index (κ1) is 21.4. The minimum atomic E-state index is -0.592. The van der Waals surface area contributed by atoms with Gasteiger partial charge in [0, 0.05) is 17.5 Å². The first-order valence-electron chi connectivity index (χ1n) is 9.87. The zero-order chi connectivity index (χ0) is 22.5. The number of nitrogens with zero attached hydrogens (tertiary/aromatic N) is 5. The Kier molecular flexibility index (Phi) is 6.37. The average molecular weight is 445 g/mol. The molecule has 0 aliphatic carbocycles. The van der Waals surface area contributed by atoms with Crippen LogP contribution < -0.4 is 10.6 Å². The zero-order valence-corrected chi connectivity index (χ0v) is 18.1. The van der Waals surface area contributed by atoms with E-state index in [1.165, 1.54) is 16.8 Å². The molecule has 0 spiro atoms. The van der Waals surface area contributed by atoms with Crippen molar-refractivity contribution in [3.05, 3.63) is 77.6 Å². The Hall–Kier alpha value is -3.85. The molecular formula is C23H20N6O2S. The second-order valence-corrected chi connectivity index (χ2v) is 7.92. The first-order chi connectivity index (χ1) is 15.6. The van der Waals surface area contributed by atoms with Crippen LogP contribution in [-0.4, -0.2) is 38.8 Å². The molecule has 2 heterocycles. The quantitative estimate of drug-likeness (QED) is 0.339. The number of H-pyrrole nitrogens is 1. The molecule has 1 amide bonds. The fraction of sp³-hybridized carbons (Fsp3) is 0.130. The Morgan fingerprint density at radius 3 is 2.62 bits per heavy atom. The molecule has 1 N–H and O–H groups in total. The van der Waals surface area contributed by atoms with Crippen molar-refractivity contribution in [1.82, 2.24) is 15.2 Å². The summed E-state index contributed by atoms with van der Waals surface area (Å²) in [5.41, 5.74) is 2.18. The number of carbonyl (C=O) groups is 1. The topological polar surface area (TPSA) is 104 Å². The lowest BCUT2D eigenvalue weighted by atomic mass is 10.1. The van der Waals surface area contributed by atoms with Crippen molar-refractivity contribution in [3.63, 3.8) is 0 Å².